The second-order valence-corrected chi connectivity index (χ2v) is 13.8. The van der Waals surface area contributed by atoms with Gasteiger partial charge in [-0.15, -0.1) is 0 Å². The van der Waals surface area contributed by atoms with E-state index < -0.39 is 5.54 Å². The predicted octanol–water partition coefficient (Wildman–Crippen LogP) is 7.14. The molecule has 0 N–H and O–H groups in total. The average molecular weight is 604 g/mol. The maximum atomic E-state index is 14.7. The second kappa shape index (κ2) is 11.2. The molecule has 218 valence electrons. The monoisotopic (exact) mass is 602 g/mol. The molecule has 3 heterocycles. The number of Topliss-reactive ketones (excluding diaryl/α,β-unsaturated/α-hetero) is 1. The molecule has 4 atom stereocenters. The number of hydrogen-bond donors (Lipinski definition) is 0. The number of amidine groups is 1. The highest BCUT2D eigenvalue weighted by molar-refractivity contribution is 6.42. The Bertz CT molecular complexity index is 1480. The molecule has 2 aromatic heterocycles. The Balaban J connectivity index is 1.37. The van der Waals surface area contributed by atoms with E-state index in [1.54, 1.807) is 43.0 Å². The van der Waals surface area contributed by atoms with E-state index in [0.29, 0.717) is 69.9 Å². The number of pyridine rings is 2. The number of fused-ring (bicyclic) bond motifs is 2. The molecule has 3 aliphatic carbocycles. The van der Waals surface area contributed by atoms with Crippen LogP contribution in [0.15, 0.2) is 72.2 Å². The minimum absolute atomic E-state index is 0.0115. The molecule has 8 heteroatoms. The topological polar surface area (TPSA) is 75.5 Å². The number of amides is 1. The van der Waals surface area contributed by atoms with Gasteiger partial charge in [0.05, 0.1) is 16.5 Å². The van der Waals surface area contributed by atoms with Crippen molar-refractivity contribution < 1.29 is 9.59 Å². The number of ketones is 1. The van der Waals surface area contributed by atoms with Gasteiger partial charge in [-0.3, -0.25) is 29.4 Å². The number of nitrogens with zero attached hydrogens (tertiary/aromatic N) is 4. The molecule has 0 spiro atoms. The lowest BCUT2D eigenvalue weighted by atomic mass is 9.43. The van der Waals surface area contributed by atoms with Crippen molar-refractivity contribution in [2.75, 3.05) is 6.54 Å². The van der Waals surface area contributed by atoms with E-state index in [1.165, 1.54) is 6.42 Å². The van der Waals surface area contributed by atoms with Crippen molar-refractivity contribution >= 4 is 40.7 Å². The Morgan fingerprint density at radius 1 is 0.929 bits per heavy atom. The third-order valence-corrected chi connectivity index (χ3v) is 11.0. The van der Waals surface area contributed by atoms with Crippen molar-refractivity contribution in [3.05, 3.63) is 94.0 Å². The van der Waals surface area contributed by atoms with Crippen LogP contribution in [0.2, 0.25) is 10.0 Å². The van der Waals surface area contributed by atoms with Crippen molar-refractivity contribution in [2.45, 2.75) is 58.4 Å². The zero-order valence-electron chi connectivity index (χ0n) is 24.3. The van der Waals surface area contributed by atoms with Gasteiger partial charge in [0, 0.05) is 49.7 Å². The number of carbonyl (C=O) groups excluding carboxylic acids is 2. The van der Waals surface area contributed by atoms with Gasteiger partial charge in [0.1, 0.15) is 11.4 Å². The van der Waals surface area contributed by atoms with E-state index in [-0.39, 0.29) is 18.1 Å². The first-order chi connectivity index (χ1) is 20.1. The molecule has 42 heavy (non-hydrogen) atoms. The average Bonchev–Trinajstić information content (AvgIpc) is 3.21. The Morgan fingerprint density at radius 3 is 2.10 bits per heavy atom. The fourth-order valence-electron chi connectivity index (χ4n) is 7.66. The highest BCUT2D eigenvalue weighted by Gasteiger charge is 2.57. The molecule has 1 aromatic carbocycles. The summed E-state index contributed by atoms with van der Waals surface area (Å²) in [5.74, 6) is 2.50. The van der Waals surface area contributed by atoms with Crippen molar-refractivity contribution in [1.82, 2.24) is 14.9 Å². The molecule has 3 fully saturated rings. The number of carbonyl (C=O) groups is 2. The summed E-state index contributed by atoms with van der Waals surface area (Å²) in [6, 6.07) is 12.6. The van der Waals surface area contributed by atoms with Crippen LogP contribution in [0.1, 0.15) is 61.5 Å². The van der Waals surface area contributed by atoms with E-state index in [1.807, 2.05) is 29.2 Å². The quantitative estimate of drug-likeness (QED) is 0.244. The molecule has 2 bridgehead atoms. The van der Waals surface area contributed by atoms with Crippen LogP contribution in [0, 0.1) is 29.1 Å². The summed E-state index contributed by atoms with van der Waals surface area (Å²) in [4.78, 5) is 43.7. The maximum absolute atomic E-state index is 14.7. The van der Waals surface area contributed by atoms with Crippen molar-refractivity contribution in [3.8, 4) is 0 Å². The van der Waals surface area contributed by atoms with Gasteiger partial charge in [-0.05, 0) is 95.5 Å². The first kappa shape index (κ1) is 29.0. The van der Waals surface area contributed by atoms with Gasteiger partial charge in [0.15, 0.2) is 5.78 Å². The van der Waals surface area contributed by atoms with Gasteiger partial charge >= 0.3 is 0 Å². The molecule has 3 saturated carbocycles. The van der Waals surface area contributed by atoms with Crippen LogP contribution >= 0.6 is 23.2 Å². The lowest BCUT2D eigenvalue weighted by Crippen LogP contribution is -2.57. The fraction of sp³-hybridized carbons (Fsp3) is 0.441. The maximum Gasteiger partial charge on any atom is 0.256 e. The number of halogens is 2. The predicted molar refractivity (Wildman–Crippen MR) is 166 cm³/mol. The molecular weight excluding hydrogens is 567 g/mol. The molecule has 7 rings (SSSR count). The normalized spacial score (nSPS) is 25.6. The van der Waals surface area contributed by atoms with Crippen LogP contribution in [-0.4, -0.2) is 44.5 Å². The third-order valence-electron chi connectivity index (χ3n) is 10.3. The summed E-state index contributed by atoms with van der Waals surface area (Å²) in [5.41, 5.74) is 1.67. The smallest absolute Gasteiger partial charge is 0.256 e. The highest BCUT2D eigenvalue weighted by Crippen LogP contribution is 2.63. The zero-order chi connectivity index (χ0) is 29.6. The molecule has 4 aliphatic rings. The van der Waals surface area contributed by atoms with Crippen LogP contribution in [0.4, 0.5) is 0 Å². The lowest BCUT2D eigenvalue weighted by molar-refractivity contribution is -0.141. The van der Waals surface area contributed by atoms with Crippen molar-refractivity contribution in [2.24, 2.45) is 34.1 Å². The summed E-state index contributed by atoms with van der Waals surface area (Å²) in [7, 11) is 0. The summed E-state index contributed by atoms with van der Waals surface area (Å²) in [5, 5.41) is 0.719. The van der Waals surface area contributed by atoms with Crippen LogP contribution < -0.4 is 0 Å². The van der Waals surface area contributed by atoms with Gasteiger partial charge in [0.25, 0.3) is 5.91 Å². The number of aromatic nitrogens is 2. The van der Waals surface area contributed by atoms with E-state index in [4.69, 9.17) is 28.2 Å². The van der Waals surface area contributed by atoms with E-state index in [9.17, 15) is 9.59 Å². The van der Waals surface area contributed by atoms with Gasteiger partial charge in [-0.2, -0.15) is 0 Å². The SMILES string of the molecule is CC1C(CN2C(=O)C(Cc3ccncc3)(Cc3ccncc3)N=C2CC(=O)c2ccc(Cl)c(Cl)c2)CC2CC1C2(C)C. The summed E-state index contributed by atoms with van der Waals surface area (Å²) < 4.78 is 0. The first-order valence-electron chi connectivity index (χ1n) is 14.7. The standard InChI is InChI=1S/C34H36Cl2N4O2/c1-21-25(14-26-16-27(21)33(26,2)3)20-40-31(17-30(41)24-4-5-28(35)29(36)15-24)39-34(32(40)42,18-22-6-10-37-11-7-22)19-23-8-12-38-13-9-23/h4-13,15,21,25-27H,14,16-20H2,1-3H3. The van der Waals surface area contributed by atoms with Crippen LogP contribution in [0.25, 0.3) is 0 Å². The van der Waals surface area contributed by atoms with Crippen molar-refractivity contribution in [1.29, 1.82) is 0 Å². The molecule has 1 aliphatic heterocycles. The minimum atomic E-state index is -1.07. The lowest BCUT2D eigenvalue weighted by Gasteiger charge is -2.62. The number of rotatable bonds is 9. The number of aliphatic imine (C=N–C) groups is 1. The van der Waals surface area contributed by atoms with Crippen molar-refractivity contribution in [3.63, 3.8) is 0 Å². The molecule has 0 radical (unpaired) electrons. The summed E-state index contributed by atoms with van der Waals surface area (Å²) in [6.45, 7) is 7.69. The molecule has 1 amide bonds. The first-order valence-corrected chi connectivity index (χ1v) is 15.5. The number of hydrogen-bond acceptors (Lipinski definition) is 5. The molecule has 4 unspecified atom stereocenters. The highest BCUT2D eigenvalue weighted by atomic mass is 35.5. The van der Waals surface area contributed by atoms with Crippen LogP contribution in [-0.2, 0) is 17.6 Å². The Morgan fingerprint density at radius 2 is 1.55 bits per heavy atom. The second-order valence-electron chi connectivity index (χ2n) is 13.0. The third kappa shape index (κ3) is 5.28. The summed E-state index contributed by atoms with van der Waals surface area (Å²) >= 11 is 12.4. The zero-order valence-corrected chi connectivity index (χ0v) is 25.8. The van der Waals surface area contributed by atoms with Crippen LogP contribution in [0.5, 0.6) is 0 Å². The fourth-order valence-corrected chi connectivity index (χ4v) is 7.96. The minimum Gasteiger partial charge on any atom is -0.298 e. The molecular formula is C34H36Cl2N4O2. The van der Waals surface area contributed by atoms with E-state index >= 15 is 0 Å². The van der Waals surface area contributed by atoms with Gasteiger partial charge < -0.3 is 0 Å². The molecule has 0 saturated heterocycles. The molecule has 3 aromatic rings. The van der Waals surface area contributed by atoms with Gasteiger partial charge in [-0.25, -0.2) is 0 Å². The van der Waals surface area contributed by atoms with E-state index in [2.05, 4.69) is 30.7 Å². The van der Waals surface area contributed by atoms with Crippen LogP contribution in [0.3, 0.4) is 0 Å². The van der Waals surface area contributed by atoms with Gasteiger partial charge in [0.2, 0.25) is 0 Å². The van der Waals surface area contributed by atoms with E-state index in [0.717, 1.165) is 17.5 Å². The summed E-state index contributed by atoms with van der Waals surface area (Å²) in [6.07, 6.45) is 10.1. The largest absolute Gasteiger partial charge is 0.298 e. The molecule has 6 nitrogen and oxygen atoms in total. The Kier molecular flexibility index (Phi) is 7.73. The number of benzene rings is 1. The van der Waals surface area contributed by atoms with Gasteiger partial charge in [-0.1, -0.05) is 44.0 Å². The Hall–Kier alpha value is -3.09. The Labute approximate surface area is 257 Å².